The van der Waals surface area contributed by atoms with E-state index in [0.29, 0.717) is 23.5 Å². The minimum atomic E-state index is 0.127. The van der Waals surface area contributed by atoms with Crippen molar-refractivity contribution in [3.05, 3.63) is 0 Å². The molecule has 2 atom stereocenters. The number of hydrogen-bond acceptors (Lipinski definition) is 2. The first-order valence-electron chi connectivity index (χ1n) is 5.78. The summed E-state index contributed by atoms with van der Waals surface area (Å²) in [5, 5.41) is 3.53. The second kappa shape index (κ2) is 4.83. The lowest BCUT2D eigenvalue weighted by atomic mass is 9.82. The first-order valence-corrected chi connectivity index (χ1v) is 6.90. The van der Waals surface area contributed by atoms with Crippen LogP contribution in [-0.2, 0) is 4.79 Å². The second-order valence-electron chi connectivity index (χ2n) is 4.77. The fourth-order valence-electron chi connectivity index (χ4n) is 3.00. The van der Waals surface area contributed by atoms with Crippen LogP contribution in [0.15, 0.2) is 0 Å². The summed E-state index contributed by atoms with van der Waals surface area (Å²) in [7, 11) is 2.23. The standard InChI is InChI=1S/C11H19BrN2O/c1-14-9-3-2-4-10(14)6-8(5-9)13-11(15)7-12/h8-10H,2-7H2,1H3,(H,13,15). The van der Waals surface area contributed by atoms with Gasteiger partial charge in [-0.15, -0.1) is 0 Å². The van der Waals surface area contributed by atoms with Gasteiger partial charge in [0.05, 0.1) is 5.33 Å². The Balaban J connectivity index is 1.92. The molecular formula is C11H19BrN2O. The van der Waals surface area contributed by atoms with E-state index in [2.05, 4.69) is 33.2 Å². The molecule has 2 bridgehead atoms. The molecule has 4 heteroatoms. The van der Waals surface area contributed by atoms with Crippen LogP contribution in [0.3, 0.4) is 0 Å². The molecule has 2 unspecified atom stereocenters. The summed E-state index contributed by atoms with van der Waals surface area (Å²) >= 11 is 3.19. The molecule has 2 rings (SSSR count). The van der Waals surface area contributed by atoms with Crippen LogP contribution in [0.1, 0.15) is 32.1 Å². The fourth-order valence-corrected chi connectivity index (χ4v) is 3.16. The van der Waals surface area contributed by atoms with Crippen molar-refractivity contribution < 1.29 is 4.79 Å². The number of carbonyl (C=O) groups is 1. The Kier molecular flexibility index (Phi) is 3.67. The lowest BCUT2D eigenvalue weighted by molar-refractivity contribution is -0.119. The molecule has 1 amide bonds. The molecule has 0 aromatic rings. The van der Waals surface area contributed by atoms with Gasteiger partial charge in [0.1, 0.15) is 0 Å². The number of fused-ring (bicyclic) bond motifs is 2. The van der Waals surface area contributed by atoms with Crippen LogP contribution in [0.2, 0.25) is 0 Å². The largest absolute Gasteiger partial charge is 0.353 e. The lowest BCUT2D eigenvalue weighted by Gasteiger charge is -2.47. The minimum Gasteiger partial charge on any atom is -0.353 e. The van der Waals surface area contributed by atoms with E-state index in [1.165, 1.54) is 19.3 Å². The van der Waals surface area contributed by atoms with Gasteiger partial charge in [-0.2, -0.15) is 0 Å². The predicted molar refractivity (Wildman–Crippen MR) is 64.1 cm³/mol. The van der Waals surface area contributed by atoms with Gasteiger partial charge in [0.25, 0.3) is 0 Å². The van der Waals surface area contributed by atoms with Crippen LogP contribution in [0.4, 0.5) is 0 Å². The third-order valence-corrected chi connectivity index (χ3v) is 4.34. The highest BCUT2D eigenvalue weighted by Crippen LogP contribution is 2.32. The molecule has 2 heterocycles. The van der Waals surface area contributed by atoms with Gasteiger partial charge in [-0.05, 0) is 32.7 Å². The Morgan fingerprint density at radius 3 is 2.53 bits per heavy atom. The number of halogens is 1. The molecule has 2 fully saturated rings. The maximum atomic E-state index is 11.3. The van der Waals surface area contributed by atoms with Crippen molar-refractivity contribution in [1.29, 1.82) is 0 Å². The number of piperidine rings is 2. The maximum absolute atomic E-state index is 11.3. The van der Waals surface area contributed by atoms with E-state index in [9.17, 15) is 4.79 Å². The average Bonchev–Trinajstić information content (AvgIpc) is 2.19. The van der Waals surface area contributed by atoms with Gasteiger partial charge in [-0.3, -0.25) is 4.79 Å². The number of rotatable bonds is 2. The average molecular weight is 275 g/mol. The number of hydrogen-bond donors (Lipinski definition) is 1. The van der Waals surface area contributed by atoms with Crippen molar-refractivity contribution in [3.8, 4) is 0 Å². The molecule has 3 nitrogen and oxygen atoms in total. The quantitative estimate of drug-likeness (QED) is 0.775. The summed E-state index contributed by atoms with van der Waals surface area (Å²) in [6, 6.07) is 1.79. The molecule has 1 N–H and O–H groups in total. The zero-order valence-electron chi connectivity index (χ0n) is 9.21. The molecule has 2 aliphatic heterocycles. The molecule has 2 aliphatic rings. The van der Waals surface area contributed by atoms with Crippen molar-refractivity contribution in [2.24, 2.45) is 0 Å². The van der Waals surface area contributed by atoms with E-state index in [4.69, 9.17) is 0 Å². The normalized spacial score (nSPS) is 36.3. The third-order valence-electron chi connectivity index (χ3n) is 3.83. The third kappa shape index (κ3) is 2.53. The molecule has 0 spiro atoms. The van der Waals surface area contributed by atoms with Crippen LogP contribution in [0.5, 0.6) is 0 Å². The fraction of sp³-hybridized carbons (Fsp3) is 0.909. The number of nitrogens with one attached hydrogen (secondary N) is 1. The van der Waals surface area contributed by atoms with E-state index in [1.807, 2.05) is 0 Å². The molecule has 2 saturated heterocycles. The molecule has 0 aliphatic carbocycles. The summed E-state index contributed by atoms with van der Waals surface area (Å²) in [6.45, 7) is 0. The molecule has 86 valence electrons. The summed E-state index contributed by atoms with van der Waals surface area (Å²) in [5.41, 5.74) is 0. The number of nitrogens with zero attached hydrogens (tertiary/aromatic N) is 1. The Morgan fingerprint density at radius 1 is 1.40 bits per heavy atom. The number of alkyl halides is 1. The van der Waals surface area contributed by atoms with Gasteiger partial charge in [0, 0.05) is 18.1 Å². The Hall–Kier alpha value is -0.0900. The summed E-state index contributed by atoms with van der Waals surface area (Å²) < 4.78 is 0. The van der Waals surface area contributed by atoms with E-state index in [0.717, 1.165) is 12.8 Å². The van der Waals surface area contributed by atoms with Crippen LogP contribution in [-0.4, -0.2) is 41.3 Å². The van der Waals surface area contributed by atoms with E-state index in [1.54, 1.807) is 0 Å². The van der Waals surface area contributed by atoms with Gasteiger partial charge in [-0.25, -0.2) is 0 Å². The van der Waals surface area contributed by atoms with Crippen LogP contribution in [0.25, 0.3) is 0 Å². The summed E-state index contributed by atoms with van der Waals surface area (Å²) in [4.78, 5) is 13.8. The maximum Gasteiger partial charge on any atom is 0.230 e. The molecule has 0 aromatic heterocycles. The summed E-state index contributed by atoms with van der Waals surface area (Å²) in [6.07, 6.45) is 6.22. The Labute approximate surface area is 99.7 Å². The molecule has 0 aromatic carbocycles. The second-order valence-corrected chi connectivity index (χ2v) is 5.33. The predicted octanol–water partition coefficient (Wildman–Crippen LogP) is 1.51. The molecule has 0 saturated carbocycles. The van der Waals surface area contributed by atoms with Crippen molar-refractivity contribution >= 4 is 21.8 Å². The molecule has 0 radical (unpaired) electrons. The topological polar surface area (TPSA) is 32.3 Å². The SMILES string of the molecule is CN1C2CCCC1CC(NC(=O)CBr)C2. The van der Waals surface area contributed by atoms with Crippen molar-refractivity contribution in [2.45, 2.75) is 50.2 Å². The van der Waals surface area contributed by atoms with Crippen molar-refractivity contribution in [3.63, 3.8) is 0 Å². The van der Waals surface area contributed by atoms with Gasteiger partial charge >= 0.3 is 0 Å². The van der Waals surface area contributed by atoms with Crippen LogP contribution in [0, 0.1) is 0 Å². The smallest absolute Gasteiger partial charge is 0.230 e. The number of carbonyl (C=O) groups excluding carboxylic acids is 1. The highest BCUT2D eigenvalue weighted by atomic mass is 79.9. The zero-order chi connectivity index (χ0) is 10.8. The molecule has 15 heavy (non-hydrogen) atoms. The highest BCUT2D eigenvalue weighted by molar-refractivity contribution is 9.09. The Bertz CT molecular complexity index is 233. The van der Waals surface area contributed by atoms with E-state index < -0.39 is 0 Å². The van der Waals surface area contributed by atoms with Gasteiger partial charge < -0.3 is 10.2 Å². The zero-order valence-corrected chi connectivity index (χ0v) is 10.8. The highest BCUT2D eigenvalue weighted by Gasteiger charge is 2.36. The van der Waals surface area contributed by atoms with E-state index in [-0.39, 0.29) is 5.91 Å². The van der Waals surface area contributed by atoms with Crippen LogP contribution >= 0.6 is 15.9 Å². The first-order chi connectivity index (χ1) is 7.20. The number of amides is 1. The van der Waals surface area contributed by atoms with E-state index >= 15 is 0 Å². The first kappa shape index (κ1) is 11.4. The Morgan fingerprint density at radius 2 is 2.00 bits per heavy atom. The van der Waals surface area contributed by atoms with Gasteiger partial charge in [0.2, 0.25) is 5.91 Å². The molecular weight excluding hydrogens is 256 g/mol. The van der Waals surface area contributed by atoms with Crippen LogP contribution < -0.4 is 5.32 Å². The van der Waals surface area contributed by atoms with Crippen molar-refractivity contribution in [1.82, 2.24) is 10.2 Å². The van der Waals surface area contributed by atoms with Gasteiger partial charge in [-0.1, -0.05) is 22.4 Å². The lowest BCUT2D eigenvalue weighted by Crippen LogP contribution is -2.55. The monoisotopic (exact) mass is 274 g/mol. The van der Waals surface area contributed by atoms with Crippen molar-refractivity contribution in [2.75, 3.05) is 12.4 Å². The van der Waals surface area contributed by atoms with Gasteiger partial charge in [0.15, 0.2) is 0 Å². The minimum absolute atomic E-state index is 0.127. The summed E-state index contributed by atoms with van der Waals surface area (Å²) in [5.74, 6) is 0.127.